The minimum atomic E-state index is -1.05. The molecule has 1 atom stereocenters. The maximum atomic E-state index is 13.3. The summed E-state index contributed by atoms with van der Waals surface area (Å²) in [4.78, 5) is 0. The monoisotopic (exact) mass is 309 g/mol. The molecule has 6 heteroatoms. The summed E-state index contributed by atoms with van der Waals surface area (Å²) < 4.78 is 31.7. The molecule has 3 nitrogen and oxygen atoms in total. The summed E-state index contributed by atoms with van der Waals surface area (Å²) in [5.41, 5.74) is 0. The highest BCUT2D eigenvalue weighted by Crippen LogP contribution is 2.25. The topological polar surface area (TPSA) is 41.5 Å². The highest BCUT2D eigenvalue weighted by atomic mass is 79.9. The van der Waals surface area contributed by atoms with Crippen molar-refractivity contribution in [2.45, 2.75) is 13.0 Å². The first-order valence-electron chi connectivity index (χ1n) is 5.20. The van der Waals surface area contributed by atoms with Crippen LogP contribution in [-0.2, 0) is 0 Å². The normalized spacial score (nSPS) is 12.5. The van der Waals surface area contributed by atoms with Crippen molar-refractivity contribution in [2.75, 3.05) is 19.7 Å². The van der Waals surface area contributed by atoms with Gasteiger partial charge in [-0.3, -0.25) is 0 Å². The fourth-order valence-corrected chi connectivity index (χ4v) is 1.60. The molecule has 0 bridgehead atoms. The molecule has 1 unspecified atom stereocenters. The van der Waals surface area contributed by atoms with Crippen LogP contribution in [0.1, 0.15) is 6.92 Å². The lowest BCUT2D eigenvalue weighted by Crippen LogP contribution is -2.31. The van der Waals surface area contributed by atoms with Gasteiger partial charge in [-0.1, -0.05) is 22.9 Å². The summed E-state index contributed by atoms with van der Waals surface area (Å²) in [5, 5.41) is 12.4. The van der Waals surface area contributed by atoms with Gasteiger partial charge in [-0.15, -0.1) is 0 Å². The molecular formula is C11H14BrF2NO2. The third kappa shape index (κ3) is 4.57. The number of aliphatic hydroxyl groups excluding tert-OH is 1. The Balaban J connectivity index is 2.57. The van der Waals surface area contributed by atoms with Crippen molar-refractivity contribution in [3.05, 3.63) is 28.2 Å². The second kappa shape index (κ2) is 6.88. The smallest absolute Gasteiger partial charge is 0.200 e. The lowest BCUT2D eigenvalue weighted by atomic mass is 10.3. The van der Waals surface area contributed by atoms with Crippen LogP contribution in [0.25, 0.3) is 0 Å². The molecule has 17 heavy (non-hydrogen) atoms. The average molecular weight is 310 g/mol. The van der Waals surface area contributed by atoms with Gasteiger partial charge in [-0.25, -0.2) is 4.39 Å². The number of hydrogen-bond donors (Lipinski definition) is 2. The Bertz CT molecular complexity index is 377. The molecule has 1 aromatic rings. The summed E-state index contributed by atoms with van der Waals surface area (Å²) >= 11 is 3.03. The third-order valence-electron chi connectivity index (χ3n) is 2.02. The molecule has 0 saturated heterocycles. The molecule has 0 fully saturated rings. The molecule has 1 rings (SSSR count). The molecule has 96 valence electrons. The number of aliphatic hydroxyl groups is 1. The Morgan fingerprint density at radius 2 is 2.18 bits per heavy atom. The number of ether oxygens (including phenoxy) is 1. The van der Waals surface area contributed by atoms with Gasteiger partial charge in [0.25, 0.3) is 0 Å². The van der Waals surface area contributed by atoms with Gasteiger partial charge in [0, 0.05) is 11.0 Å². The first-order valence-corrected chi connectivity index (χ1v) is 6.00. The van der Waals surface area contributed by atoms with E-state index in [0.29, 0.717) is 11.0 Å². The standard InChI is InChI=1S/C11H14BrF2NO2/c1-2-15-5-8(16)6-17-10-4-7(12)3-9(13)11(10)14/h3-4,8,15-16H,2,5-6H2,1H3. The van der Waals surface area contributed by atoms with Crippen LogP contribution in [-0.4, -0.2) is 30.9 Å². The molecule has 0 amide bonds. The van der Waals surface area contributed by atoms with Crippen molar-refractivity contribution >= 4 is 15.9 Å². The zero-order valence-electron chi connectivity index (χ0n) is 9.34. The number of likely N-dealkylation sites (N-methyl/N-ethyl adjacent to an activating group) is 1. The van der Waals surface area contributed by atoms with Crippen molar-refractivity contribution in [2.24, 2.45) is 0 Å². The van der Waals surface area contributed by atoms with Crippen LogP contribution >= 0.6 is 15.9 Å². The van der Waals surface area contributed by atoms with Gasteiger partial charge in [0.15, 0.2) is 11.6 Å². The van der Waals surface area contributed by atoms with E-state index in [1.165, 1.54) is 6.07 Å². The van der Waals surface area contributed by atoms with Crippen LogP contribution in [0.4, 0.5) is 8.78 Å². The predicted octanol–water partition coefficient (Wildman–Crippen LogP) is 2.08. The second-order valence-electron chi connectivity index (χ2n) is 3.47. The SMILES string of the molecule is CCNCC(O)COc1cc(Br)cc(F)c1F. The predicted molar refractivity (Wildman–Crippen MR) is 64.1 cm³/mol. The molecule has 0 saturated carbocycles. The first-order chi connectivity index (χ1) is 8.04. The molecule has 0 radical (unpaired) electrons. The average Bonchev–Trinajstić information content (AvgIpc) is 2.29. The zero-order chi connectivity index (χ0) is 12.8. The summed E-state index contributed by atoms with van der Waals surface area (Å²) in [6.07, 6.45) is -0.767. The maximum Gasteiger partial charge on any atom is 0.200 e. The van der Waals surface area contributed by atoms with Gasteiger partial charge >= 0.3 is 0 Å². The molecular weight excluding hydrogens is 296 g/mol. The quantitative estimate of drug-likeness (QED) is 0.791. The molecule has 1 aromatic carbocycles. The van der Waals surface area contributed by atoms with E-state index in [9.17, 15) is 13.9 Å². The molecule has 2 N–H and O–H groups in total. The van der Waals surface area contributed by atoms with Crippen molar-refractivity contribution in [3.8, 4) is 5.75 Å². The van der Waals surface area contributed by atoms with Crippen LogP contribution in [0, 0.1) is 11.6 Å². The Labute approximate surface area is 107 Å². The summed E-state index contributed by atoms with van der Waals surface area (Å²) in [6, 6.07) is 2.33. The summed E-state index contributed by atoms with van der Waals surface area (Å²) in [6.45, 7) is 2.86. The van der Waals surface area contributed by atoms with E-state index in [0.717, 1.165) is 12.6 Å². The zero-order valence-corrected chi connectivity index (χ0v) is 10.9. The summed E-state index contributed by atoms with van der Waals surface area (Å²) in [5.74, 6) is -2.26. The van der Waals surface area contributed by atoms with Gasteiger partial charge < -0.3 is 15.2 Å². The highest BCUT2D eigenvalue weighted by Gasteiger charge is 2.13. The number of nitrogens with one attached hydrogen (secondary N) is 1. The van der Waals surface area contributed by atoms with Gasteiger partial charge in [0.1, 0.15) is 12.7 Å². The van der Waals surface area contributed by atoms with Crippen molar-refractivity contribution in [1.29, 1.82) is 0 Å². The number of hydrogen-bond acceptors (Lipinski definition) is 3. The molecule has 0 aliphatic rings. The maximum absolute atomic E-state index is 13.3. The van der Waals surface area contributed by atoms with E-state index < -0.39 is 17.7 Å². The summed E-state index contributed by atoms with van der Waals surface area (Å²) in [7, 11) is 0. The van der Waals surface area contributed by atoms with Crippen LogP contribution < -0.4 is 10.1 Å². The van der Waals surface area contributed by atoms with Gasteiger partial charge in [0.2, 0.25) is 5.82 Å². The van der Waals surface area contributed by atoms with E-state index >= 15 is 0 Å². The largest absolute Gasteiger partial charge is 0.488 e. The first kappa shape index (κ1) is 14.3. The molecule has 0 heterocycles. The van der Waals surface area contributed by atoms with Crippen molar-refractivity contribution < 1.29 is 18.6 Å². The van der Waals surface area contributed by atoms with E-state index in [1.807, 2.05) is 6.92 Å². The molecule has 0 spiro atoms. The number of rotatable bonds is 6. The van der Waals surface area contributed by atoms with Gasteiger partial charge in [-0.05, 0) is 18.7 Å². The van der Waals surface area contributed by atoms with E-state index in [2.05, 4.69) is 21.2 Å². The lowest BCUT2D eigenvalue weighted by Gasteiger charge is -2.13. The molecule has 0 aliphatic heterocycles. The minimum absolute atomic E-state index is 0.0974. The van der Waals surface area contributed by atoms with Gasteiger partial charge in [-0.2, -0.15) is 4.39 Å². The van der Waals surface area contributed by atoms with Crippen molar-refractivity contribution in [1.82, 2.24) is 5.32 Å². The molecule has 0 aromatic heterocycles. The number of benzene rings is 1. The fraction of sp³-hybridized carbons (Fsp3) is 0.455. The van der Waals surface area contributed by atoms with Crippen LogP contribution in [0.15, 0.2) is 16.6 Å². The Morgan fingerprint density at radius 3 is 2.82 bits per heavy atom. The second-order valence-corrected chi connectivity index (χ2v) is 4.39. The molecule has 0 aliphatic carbocycles. The third-order valence-corrected chi connectivity index (χ3v) is 2.48. The van der Waals surface area contributed by atoms with Gasteiger partial charge in [0.05, 0.1) is 0 Å². The Hall–Kier alpha value is -0.720. The van der Waals surface area contributed by atoms with Crippen LogP contribution in [0.3, 0.4) is 0 Å². The Kier molecular flexibility index (Phi) is 5.80. The highest BCUT2D eigenvalue weighted by molar-refractivity contribution is 9.10. The Morgan fingerprint density at radius 1 is 1.47 bits per heavy atom. The fourth-order valence-electron chi connectivity index (χ4n) is 1.19. The van der Waals surface area contributed by atoms with Crippen LogP contribution in [0.5, 0.6) is 5.75 Å². The van der Waals surface area contributed by atoms with E-state index in [1.54, 1.807) is 0 Å². The minimum Gasteiger partial charge on any atom is -0.488 e. The van der Waals surface area contributed by atoms with E-state index in [-0.39, 0.29) is 12.4 Å². The lowest BCUT2D eigenvalue weighted by molar-refractivity contribution is 0.104. The van der Waals surface area contributed by atoms with E-state index in [4.69, 9.17) is 4.74 Å². The van der Waals surface area contributed by atoms with Crippen LogP contribution in [0.2, 0.25) is 0 Å². The van der Waals surface area contributed by atoms with Crippen molar-refractivity contribution in [3.63, 3.8) is 0 Å². The number of halogens is 3.